The molecule has 0 saturated carbocycles. The lowest BCUT2D eigenvalue weighted by Crippen LogP contribution is -2.06. The van der Waals surface area contributed by atoms with Gasteiger partial charge in [0.2, 0.25) is 5.91 Å². The Kier molecular flexibility index (Phi) is 3.38. The molecule has 14 heavy (non-hydrogen) atoms. The Labute approximate surface area is 90.7 Å². The molecule has 0 aliphatic heterocycles. The summed E-state index contributed by atoms with van der Waals surface area (Å²) in [6.45, 7) is 0. The van der Waals surface area contributed by atoms with Crippen molar-refractivity contribution in [3.63, 3.8) is 0 Å². The number of benzene rings is 1. The van der Waals surface area contributed by atoms with Crippen molar-refractivity contribution in [2.45, 2.75) is 0 Å². The molecule has 0 heterocycles. The Balaban J connectivity index is 3.09. The zero-order valence-electron chi connectivity index (χ0n) is 7.00. The lowest BCUT2D eigenvalue weighted by Gasteiger charge is -2.01. The third kappa shape index (κ3) is 2.65. The van der Waals surface area contributed by atoms with Crippen LogP contribution in [-0.4, -0.2) is 11.0 Å². The second-order valence-corrected chi connectivity index (χ2v) is 3.38. The highest BCUT2D eigenvalue weighted by Gasteiger charge is 2.03. The number of aliphatic hydroxyl groups is 1. The van der Waals surface area contributed by atoms with Gasteiger partial charge in [-0.15, -0.1) is 0 Å². The second-order valence-electron chi connectivity index (χ2n) is 2.56. The van der Waals surface area contributed by atoms with Gasteiger partial charge in [-0.2, -0.15) is 0 Å². The molecule has 0 unspecified atom stereocenters. The van der Waals surface area contributed by atoms with Crippen LogP contribution in [0, 0.1) is 0 Å². The fourth-order valence-electron chi connectivity index (χ4n) is 0.874. The van der Waals surface area contributed by atoms with Crippen molar-refractivity contribution in [1.82, 2.24) is 0 Å². The average molecular weight is 232 g/mol. The fraction of sp³-hybridized carbons (Fsp3) is 0. The summed E-state index contributed by atoms with van der Waals surface area (Å²) in [4.78, 5) is 10.5. The third-order valence-electron chi connectivity index (χ3n) is 1.49. The summed E-state index contributed by atoms with van der Waals surface area (Å²) in [5.74, 6) is -0.968. The molecule has 1 aromatic rings. The quantitative estimate of drug-likeness (QED) is 0.607. The molecule has 0 fully saturated rings. The lowest BCUT2D eigenvalue weighted by molar-refractivity contribution is -0.113. The molecule has 0 radical (unpaired) electrons. The molecule has 1 amide bonds. The van der Waals surface area contributed by atoms with E-state index in [0.29, 0.717) is 15.6 Å². The summed E-state index contributed by atoms with van der Waals surface area (Å²) >= 11 is 11.4. The van der Waals surface area contributed by atoms with E-state index in [9.17, 15) is 9.90 Å². The molecule has 3 N–H and O–H groups in total. The van der Waals surface area contributed by atoms with Gasteiger partial charge in [0.1, 0.15) is 5.76 Å². The van der Waals surface area contributed by atoms with Crippen molar-refractivity contribution >= 4 is 34.9 Å². The van der Waals surface area contributed by atoms with E-state index in [-0.39, 0.29) is 5.76 Å². The van der Waals surface area contributed by atoms with Crippen molar-refractivity contribution < 1.29 is 9.90 Å². The van der Waals surface area contributed by atoms with Crippen LogP contribution in [0.25, 0.3) is 5.76 Å². The number of halogens is 2. The third-order valence-corrected chi connectivity index (χ3v) is 2.23. The zero-order valence-corrected chi connectivity index (χ0v) is 8.51. The van der Waals surface area contributed by atoms with Gasteiger partial charge < -0.3 is 10.8 Å². The molecule has 5 heteroatoms. The van der Waals surface area contributed by atoms with E-state index in [1.165, 1.54) is 18.2 Å². The normalized spacial score (nSPS) is 11.4. The highest BCUT2D eigenvalue weighted by Crippen LogP contribution is 2.25. The van der Waals surface area contributed by atoms with Crippen LogP contribution in [-0.2, 0) is 4.79 Å². The van der Waals surface area contributed by atoms with Gasteiger partial charge in [0.25, 0.3) is 0 Å². The van der Waals surface area contributed by atoms with Crippen molar-refractivity contribution in [2.24, 2.45) is 5.73 Å². The minimum absolute atomic E-state index is 0.240. The molecule has 1 rings (SSSR count). The molecular formula is C9H7Cl2NO2. The number of hydrogen-bond donors (Lipinski definition) is 2. The Bertz CT molecular complexity index is 402. The first-order valence-corrected chi connectivity index (χ1v) is 4.42. The van der Waals surface area contributed by atoms with Gasteiger partial charge in [-0.3, -0.25) is 4.79 Å². The van der Waals surface area contributed by atoms with Crippen LogP contribution in [0.4, 0.5) is 0 Å². The summed E-state index contributed by atoms with van der Waals surface area (Å²) in [7, 11) is 0. The molecule has 0 atom stereocenters. The maximum atomic E-state index is 10.5. The minimum atomic E-state index is -0.728. The second kappa shape index (κ2) is 4.35. The predicted molar refractivity (Wildman–Crippen MR) is 56.3 cm³/mol. The maximum Gasteiger partial charge on any atom is 0.245 e. The molecule has 3 nitrogen and oxygen atoms in total. The molecular weight excluding hydrogens is 225 g/mol. The summed E-state index contributed by atoms with van der Waals surface area (Å²) in [6, 6.07) is 4.49. The average Bonchev–Trinajstić information content (AvgIpc) is 2.08. The molecule has 0 spiro atoms. The van der Waals surface area contributed by atoms with Crippen LogP contribution in [0.15, 0.2) is 24.3 Å². The summed E-state index contributed by atoms with van der Waals surface area (Å²) in [5, 5.41) is 10.0. The van der Waals surface area contributed by atoms with Gasteiger partial charge in [0.05, 0.1) is 10.0 Å². The number of nitrogens with two attached hydrogens (primary N) is 1. The van der Waals surface area contributed by atoms with Crippen LogP contribution >= 0.6 is 23.2 Å². The van der Waals surface area contributed by atoms with Gasteiger partial charge in [-0.25, -0.2) is 0 Å². The SMILES string of the molecule is NC(=O)/C=C(\O)c1ccc(Cl)c(Cl)c1. The number of primary amides is 1. The first-order chi connectivity index (χ1) is 6.50. The Morgan fingerprint density at radius 1 is 1.36 bits per heavy atom. The highest BCUT2D eigenvalue weighted by molar-refractivity contribution is 6.42. The number of aliphatic hydroxyl groups excluding tert-OH is 1. The standard InChI is InChI=1S/C9H7Cl2NO2/c10-6-2-1-5(3-7(6)11)8(13)4-9(12)14/h1-4,13H,(H2,12,14)/b8-4-. The first kappa shape index (κ1) is 10.9. The van der Waals surface area contributed by atoms with Crippen LogP contribution in [0.5, 0.6) is 0 Å². The molecule has 0 saturated heterocycles. The highest BCUT2D eigenvalue weighted by atomic mass is 35.5. The smallest absolute Gasteiger partial charge is 0.245 e. The Morgan fingerprint density at radius 2 is 2.00 bits per heavy atom. The van der Waals surface area contributed by atoms with E-state index in [4.69, 9.17) is 28.9 Å². The molecule has 1 aromatic carbocycles. The van der Waals surface area contributed by atoms with Gasteiger partial charge >= 0.3 is 0 Å². The lowest BCUT2D eigenvalue weighted by atomic mass is 10.2. The number of carbonyl (C=O) groups excluding carboxylic acids is 1. The van der Waals surface area contributed by atoms with E-state index >= 15 is 0 Å². The Hall–Kier alpha value is -1.19. The van der Waals surface area contributed by atoms with Crippen LogP contribution in [0.3, 0.4) is 0 Å². The largest absolute Gasteiger partial charge is 0.507 e. The summed E-state index contributed by atoms with van der Waals surface area (Å²) in [5.41, 5.74) is 5.25. The number of rotatable bonds is 2. The summed E-state index contributed by atoms with van der Waals surface area (Å²) < 4.78 is 0. The maximum absolute atomic E-state index is 10.5. The molecule has 0 aliphatic carbocycles. The van der Waals surface area contributed by atoms with Crippen molar-refractivity contribution in [1.29, 1.82) is 0 Å². The van der Waals surface area contributed by atoms with E-state index in [1.54, 1.807) is 0 Å². The van der Waals surface area contributed by atoms with Crippen LogP contribution < -0.4 is 5.73 Å². The van der Waals surface area contributed by atoms with Gasteiger partial charge in [0, 0.05) is 11.6 Å². The van der Waals surface area contributed by atoms with Gasteiger partial charge in [-0.05, 0) is 18.2 Å². The molecule has 0 aromatic heterocycles. The summed E-state index contributed by atoms with van der Waals surface area (Å²) in [6.07, 6.45) is 0.902. The minimum Gasteiger partial charge on any atom is -0.507 e. The van der Waals surface area contributed by atoms with Crippen molar-refractivity contribution in [3.8, 4) is 0 Å². The van der Waals surface area contributed by atoms with Crippen LogP contribution in [0.1, 0.15) is 5.56 Å². The van der Waals surface area contributed by atoms with E-state index in [0.717, 1.165) is 6.08 Å². The fourth-order valence-corrected chi connectivity index (χ4v) is 1.17. The number of amides is 1. The van der Waals surface area contributed by atoms with Gasteiger partial charge in [0.15, 0.2) is 0 Å². The van der Waals surface area contributed by atoms with E-state index < -0.39 is 5.91 Å². The first-order valence-electron chi connectivity index (χ1n) is 3.66. The van der Waals surface area contributed by atoms with Crippen LogP contribution in [0.2, 0.25) is 10.0 Å². The topological polar surface area (TPSA) is 63.3 Å². The molecule has 0 aliphatic rings. The Morgan fingerprint density at radius 3 is 2.50 bits per heavy atom. The predicted octanol–water partition coefficient (Wildman–Crippen LogP) is 2.38. The molecule has 0 bridgehead atoms. The monoisotopic (exact) mass is 231 g/mol. The molecule has 74 valence electrons. The van der Waals surface area contributed by atoms with Gasteiger partial charge in [-0.1, -0.05) is 23.2 Å². The van der Waals surface area contributed by atoms with Crippen molar-refractivity contribution in [2.75, 3.05) is 0 Å². The van der Waals surface area contributed by atoms with E-state index in [2.05, 4.69) is 0 Å². The number of carbonyl (C=O) groups is 1. The van der Waals surface area contributed by atoms with E-state index in [1.807, 2.05) is 0 Å². The number of hydrogen-bond acceptors (Lipinski definition) is 2. The zero-order chi connectivity index (χ0) is 10.7. The van der Waals surface area contributed by atoms with Crippen molar-refractivity contribution in [3.05, 3.63) is 39.9 Å².